The van der Waals surface area contributed by atoms with Crippen molar-refractivity contribution in [2.75, 3.05) is 24.5 Å². The van der Waals surface area contributed by atoms with Crippen LogP contribution in [-0.2, 0) is 9.59 Å². The third-order valence-corrected chi connectivity index (χ3v) is 4.72. The molecule has 6 heteroatoms. The molecule has 2 aliphatic heterocycles. The minimum absolute atomic E-state index is 0.0436. The van der Waals surface area contributed by atoms with Gasteiger partial charge in [0.05, 0.1) is 5.92 Å². The van der Waals surface area contributed by atoms with Crippen LogP contribution in [0.15, 0.2) is 24.3 Å². The molecule has 0 saturated carbocycles. The lowest BCUT2D eigenvalue weighted by molar-refractivity contribution is -0.142. The van der Waals surface area contributed by atoms with Crippen molar-refractivity contribution in [3.05, 3.63) is 29.8 Å². The van der Waals surface area contributed by atoms with Crippen molar-refractivity contribution in [1.29, 1.82) is 0 Å². The SMILES string of the molecule is C[C@@H]1CN(C(=O)c2ccc(N3CCCC3=O)cc2)C[C@H]1C(=O)O. The van der Waals surface area contributed by atoms with E-state index in [1.165, 1.54) is 0 Å². The van der Waals surface area contributed by atoms with E-state index in [4.69, 9.17) is 5.11 Å². The van der Waals surface area contributed by atoms with Crippen LogP contribution < -0.4 is 4.90 Å². The Kier molecular flexibility index (Phi) is 4.07. The molecule has 2 saturated heterocycles. The monoisotopic (exact) mass is 316 g/mol. The molecule has 0 spiro atoms. The largest absolute Gasteiger partial charge is 0.481 e. The maximum Gasteiger partial charge on any atom is 0.308 e. The first kappa shape index (κ1) is 15.5. The van der Waals surface area contributed by atoms with Crippen molar-refractivity contribution in [3.63, 3.8) is 0 Å². The number of anilines is 1. The minimum atomic E-state index is -0.851. The number of likely N-dealkylation sites (tertiary alicyclic amines) is 1. The summed E-state index contributed by atoms with van der Waals surface area (Å²) in [4.78, 5) is 38.7. The van der Waals surface area contributed by atoms with E-state index in [2.05, 4.69) is 0 Å². The highest BCUT2D eigenvalue weighted by Crippen LogP contribution is 2.26. The molecular formula is C17H20N2O4. The van der Waals surface area contributed by atoms with Gasteiger partial charge in [-0.1, -0.05) is 6.92 Å². The van der Waals surface area contributed by atoms with Crippen molar-refractivity contribution >= 4 is 23.5 Å². The molecule has 3 rings (SSSR count). The van der Waals surface area contributed by atoms with Gasteiger partial charge >= 0.3 is 5.97 Å². The summed E-state index contributed by atoms with van der Waals surface area (Å²) in [5.41, 5.74) is 1.33. The Morgan fingerprint density at radius 2 is 1.87 bits per heavy atom. The number of carbonyl (C=O) groups is 3. The zero-order valence-electron chi connectivity index (χ0n) is 13.1. The lowest BCUT2D eigenvalue weighted by Gasteiger charge is -2.18. The fourth-order valence-corrected chi connectivity index (χ4v) is 3.34. The molecule has 0 unspecified atom stereocenters. The van der Waals surface area contributed by atoms with E-state index in [9.17, 15) is 14.4 Å². The van der Waals surface area contributed by atoms with Gasteiger partial charge in [0.2, 0.25) is 5.91 Å². The Labute approximate surface area is 134 Å². The first-order valence-corrected chi connectivity index (χ1v) is 7.90. The van der Waals surface area contributed by atoms with Crippen molar-refractivity contribution in [3.8, 4) is 0 Å². The van der Waals surface area contributed by atoms with Gasteiger partial charge in [-0.15, -0.1) is 0 Å². The first-order chi connectivity index (χ1) is 11.0. The number of rotatable bonds is 3. The molecular weight excluding hydrogens is 296 g/mol. The molecule has 122 valence electrons. The molecule has 2 amide bonds. The summed E-state index contributed by atoms with van der Waals surface area (Å²) in [6.45, 7) is 3.29. The number of amides is 2. The Hall–Kier alpha value is -2.37. The van der Waals surface area contributed by atoms with E-state index in [0.29, 0.717) is 18.5 Å². The molecule has 1 aromatic carbocycles. The highest BCUT2D eigenvalue weighted by Gasteiger charge is 2.37. The van der Waals surface area contributed by atoms with E-state index in [1.807, 2.05) is 6.92 Å². The molecule has 6 nitrogen and oxygen atoms in total. The van der Waals surface area contributed by atoms with Crippen LogP contribution in [0.25, 0.3) is 0 Å². The zero-order chi connectivity index (χ0) is 16.6. The second-order valence-corrected chi connectivity index (χ2v) is 6.33. The number of carbonyl (C=O) groups excluding carboxylic acids is 2. The molecule has 2 heterocycles. The summed E-state index contributed by atoms with van der Waals surface area (Å²) >= 11 is 0. The third-order valence-electron chi connectivity index (χ3n) is 4.72. The number of carboxylic acids is 1. The maximum absolute atomic E-state index is 12.5. The van der Waals surface area contributed by atoms with Gasteiger partial charge in [0, 0.05) is 37.3 Å². The van der Waals surface area contributed by atoms with Gasteiger partial charge in [0.1, 0.15) is 0 Å². The van der Waals surface area contributed by atoms with Gasteiger partial charge in [-0.3, -0.25) is 14.4 Å². The van der Waals surface area contributed by atoms with Gasteiger partial charge in [-0.2, -0.15) is 0 Å². The molecule has 0 aliphatic carbocycles. The van der Waals surface area contributed by atoms with Crippen LogP contribution in [0, 0.1) is 11.8 Å². The first-order valence-electron chi connectivity index (χ1n) is 7.90. The van der Waals surface area contributed by atoms with Crippen LogP contribution in [0.3, 0.4) is 0 Å². The van der Waals surface area contributed by atoms with Crippen molar-refractivity contribution in [2.45, 2.75) is 19.8 Å². The molecule has 0 bridgehead atoms. The summed E-state index contributed by atoms with van der Waals surface area (Å²) in [5, 5.41) is 9.16. The number of carboxylic acid groups (broad SMARTS) is 1. The predicted molar refractivity (Wildman–Crippen MR) is 84.2 cm³/mol. The lowest BCUT2D eigenvalue weighted by atomic mass is 9.99. The van der Waals surface area contributed by atoms with Crippen LogP contribution in [0.4, 0.5) is 5.69 Å². The van der Waals surface area contributed by atoms with Gasteiger partial charge in [0.25, 0.3) is 5.91 Å². The number of benzene rings is 1. The van der Waals surface area contributed by atoms with Crippen LogP contribution in [0.5, 0.6) is 0 Å². The van der Waals surface area contributed by atoms with Crippen LogP contribution in [-0.4, -0.2) is 47.4 Å². The predicted octanol–water partition coefficient (Wildman–Crippen LogP) is 1.61. The van der Waals surface area contributed by atoms with Gasteiger partial charge in [0.15, 0.2) is 0 Å². The Bertz CT molecular complexity index is 640. The van der Waals surface area contributed by atoms with Gasteiger partial charge in [-0.25, -0.2) is 0 Å². The topological polar surface area (TPSA) is 77.9 Å². The summed E-state index contributed by atoms with van der Waals surface area (Å²) in [7, 11) is 0. The quantitative estimate of drug-likeness (QED) is 0.919. The Morgan fingerprint density at radius 3 is 2.39 bits per heavy atom. The average Bonchev–Trinajstić information content (AvgIpc) is 3.12. The normalized spacial score (nSPS) is 24.3. The molecule has 1 N–H and O–H groups in total. The maximum atomic E-state index is 12.5. The number of nitrogens with zero attached hydrogens (tertiary/aromatic N) is 2. The second-order valence-electron chi connectivity index (χ2n) is 6.33. The summed E-state index contributed by atoms with van der Waals surface area (Å²) in [5.74, 6) is -1.43. The van der Waals surface area contributed by atoms with Crippen LogP contribution in [0.2, 0.25) is 0 Å². The second kappa shape index (κ2) is 6.02. The molecule has 2 fully saturated rings. The average molecular weight is 316 g/mol. The molecule has 0 aromatic heterocycles. The van der Waals surface area contributed by atoms with Gasteiger partial charge in [-0.05, 0) is 36.6 Å². The van der Waals surface area contributed by atoms with E-state index in [1.54, 1.807) is 34.1 Å². The third kappa shape index (κ3) is 2.93. The number of hydrogen-bond donors (Lipinski definition) is 1. The number of aliphatic carboxylic acids is 1. The molecule has 0 radical (unpaired) electrons. The zero-order valence-corrected chi connectivity index (χ0v) is 13.1. The van der Waals surface area contributed by atoms with Crippen molar-refractivity contribution < 1.29 is 19.5 Å². The number of hydrogen-bond acceptors (Lipinski definition) is 3. The van der Waals surface area contributed by atoms with Crippen LogP contribution >= 0.6 is 0 Å². The minimum Gasteiger partial charge on any atom is -0.481 e. The highest BCUT2D eigenvalue weighted by molar-refractivity contribution is 5.97. The molecule has 1 aromatic rings. The van der Waals surface area contributed by atoms with Crippen molar-refractivity contribution in [2.24, 2.45) is 11.8 Å². The molecule has 23 heavy (non-hydrogen) atoms. The lowest BCUT2D eigenvalue weighted by Crippen LogP contribution is -2.30. The fourth-order valence-electron chi connectivity index (χ4n) is 3.34. The Morgan fingerprint density at radius 1 is 1.17 bits per heavy atom. The van der Waals surface area contributed by atoms with E-state index >= 15 is 0 Å². The van der Waals surface area contributed by atoms with E-state index < -0.39 is 11.9 Å². The molecule has 2 atom stereocenters. The van der Waals surface area contributed by atoms with Gasteiger partial charge < -0.3 is 14.9 Å². The van der Waals surface area contributed by atoms with E-state index in [0.717, 1.165) is 18.7 Å². The summed E-state index contributed by atoms with van der Waals surface area (Å²) in [6.07, 6.45) is 1.44. The van der Waals surface area contributed by atoms with Crippen molar-refractivity contribution in [1.82, 2.24) is 4.90 Å². The smallest absolute Gasteiger partial charge is 0.308 e. The van der Waals surface area contributed by atoms with E-state index in [-0.39, 0.29) is 24.3 Å². The van der Waals surface area contributed by atoms with Crippen LogP contribution in [0.1, 0.15) is 30.1 Å². The highest BCUT2D eigenvalue weighted by atomic mass is 16.4. The summed E-state index contributed by atoms with van der Waals surface area (Å²) in [6, 6.07) is 6.99. The Balaban J connectivity index is 1.71. The summed E-state index contributed by atoms with van der Waals surface area (Å²) < 4.78 is 0. The standard InChI is InChI=1S/C17H20N2O4/c1-11-9-18(10-14(11)17(22)23)16(21)12-4-6-13(7-5-12)19-8-2-3-15(19)20/h4-7,11,14H,2-3,8-10H2,1H3,(H,22,23)/t11-,14-/m1/s1. The fraction of sp³-hybridized carbons (Fsp3) is 0.471. The molecule has 2 aliphatic rings.